The summed E-state index contributed by atoms with van der Waals surface area (Å²) in [5, 5.41) is 11.1. The van der Waals surface area contributed by atoms with Crippen LogP contribution in [0, 0.1) is 19.7 Å². The number of halogens is 1. The van der Waals surface area contributed by atoms with Crippen molar-refractivity contribution in [2.75, 3.05) is 31.1 Å². The number of aromatic nitrogens is 2. The monoisotopic (exact) mass is 498 g/mol. The van der Waals surface area contributed by atoms with Crippen LogP contribution in [0.25, 0.3) is 0 Å². The van der Waals surface area contributed by atoms with Crippen molar-refractivity contribution in [1.29, 1.82) is 0 Å². The van der Waals surface area contributed by atoms with Crippen LogP contribution in [0.1, 0.15) is 34.0 Å². The van der Waals surface area contributed by atoms with E-state index in [1.54, 1.807) is 35.2 Å². The molecule has 0 bridgehead atoms. The molecule has 1 aliphatic rings. The van der Waals surface area contributed by atoms with Crippen LogP contribution in [0.15, 0.2) is 83.9 Å². The van der Waals surface area contributed by atoms with Gasteiger partial charge in [0.25, 0.3) is 5.56 Å². The summed E-state index contributed by atoms with van der Waals surface area (Å²) >= 11 is 0. The maximum absolute atomic E-state index is 14.4. The Bertz CT molecular complexity index is 1430. The number of rotatable bonds is 6. The second-order valence-corrected chi connectivity index (χ2v) is 9.62. The van der Waals surface area contributed by atoms with Gasteiger partial charge in [0.15, 0.2) is 0 Å². The first-order valence-electron chi connectivity index (χ1n) is 12.5. The number of para-hydroxylation sites is 1. The first-order valence-corrected chi connectivity index (χ1v) is 12.5. The summed E-state index contributed by atoms with van der Waals surface area (Å²) in [5.74, 6) is -0.243. The number of pyridine rings is 2. The molecule has 37 heavy (non-hydrogen) atoms. The minimum atomic E-state index is -0.434. The third kappa shape index (κ3) is 5.13. The summed E-state index contributed by atoms with van der Waals surface area (Å²) in [6, 6.07) is 19.9. The summed E-state index contributed by atoms with van der Waals surface area (Å²) in [5.41, 5.74) is 4.38. The Balaban J connectivity index is 1.53. The minimum Gasteiger partial charge on any atom is -0.507 e. The molecule has 1 atom stereocenters. The molecule has 0 spiro atoms. The van der Waals surface area contributed by atoms with Crippen LogP contribution in [-0.4, -0.2) is 45.7 Å². The van der Waals surface area contributed by atoms with Crippen molar-refractivity contribution in [3.8, 4) is 5.75 Å². The molecule has 5 rings (SSSR count). The standard InChI is InChI=1S/C30H31FN4O2/c1-21-9-11-24(12-10-21)29(34-16-14-33(15-17-34)26-8-4-3-7-25(26)31)28-27(36)18-22(2)35(30(28)37)20-23-6-5-13-32-19-23/h3-13,18-19,29,36H,14-17,20H2,1-2H3. The zero-order chi connectivity index (χ0) is 25.9. The van der Waals surface area contributed by atoms with E-state index in [0.717, 1.165) is 16.7 Å². The number of aryl methyl sites for hydroxylation is 2. The van der Waals surface area contributed by atoms with Gasteiger partial charge in [-0.15, -0.1) is 0 Å². The predicted octanol–water partition coefficient (Wildman–Crippen LogP) is 4.66. The average molecular weight is 499 g/mol. The fourth-order valence-corrected chi connectivity index (χ4v) is 5.13. The molecular weight excluding hydrogens is 467 g/mol. The van der Waals surface area contributed by atoms with Crippen LogP contribution in [0.2, 0.25) is 0 Å². The molecule has 2 aromatic carbocycles. The summed E-state index contributed by atoms with van der Waals surface area (Å²) in [6.07, 6.45) is 3.45. The van der Waals surface area contributed by atoms with Crippen molar-refractivity contribution >= 4 is 5.69 Å². The summed E-state index contributed by atoms with van der Waals surface area (Å²) < 4.78 is 16.1. The Morgan fingerprint density at radius 1 is 0.973 bits per heavy atom. The van der Waals surface area contributed by atoms with Crippen molar-refractivity contribution in [3.05, 3.63) is 123 Å². The fourth-order valence-electron chi connectivity index (χ4n) is 5.13. The van der Waals surface area contributed by atoms with Gasteiger partial charge >= 0.3 is 0 Å². The molecule has 1 unspecified atom stereocenters. The molecule has 6 nitrogen and oxygen atoms in total. The van der Waals surface area contributed by atoms with Gasteiger partial charge in [0.05, 0.1) is 23.8 Å². The maximum atomic E-state index is 14.4. The van der Waals surface area contributed by atoms with Gasteiger partial charge in [-0.2, -0.15) is 0 Å². The second kappa shape index (κ2) is 10.6. The van der Waals surface area contributed by atoms with E-state index in [2.05, 4.69) is 9.88 Å². The quantitative estimate of drug-likeness (QED) is 0.419. The topological polar surface area (TPSA) is 61.6 Å². The van der Waals surface area contributed by atoms with Gasteiger partial charge in [0.1, 0.15) is 11.6 Å². The van der Waals surface area contributed by atoms with Crippen LogP contribution in [0.3, 0.4) is 0 Å². The Labute approximate surface area is 216 Å². The molecule has 3 heterocycles. The molecule has 0 saturated carbocycles. The number of hydrogen-bond donors (Lipinski definition) is 1. The Hall–Kier alpha value is -3.97. The van der Waals surface area contributed by atoms with Crippen LogP contribution in [0.4, 0.5) is 10.1 Å². The SMILES string of the molecule is Cc1ccc(C(c2c(O)cc(C)n(Cc3cccnc3)c2=O)N2CCN(c3ccccc3F)CC2)cc1. The van der Waals surface area contributed by atoms with E-state index in [4.69, 9.17) is 0 Å². The number of hydrogen-bond acceptors (Lipinski definition) is 5. The van der Waals surface area contributed by atoms with Crippen LogP contribution < -0.4 is 10.5 Å². The average Bonchev–Trinajstić information content (AvgIpc) is 2.91. The number of benzene rings is 2. The van der Waals surface area contributed by atoms with Gasteiger partial charge in [-0.25, -0.2) is 4.39 Å². The number of aromatic hydroxyl groups is 1. The predicted molar refractivity (Wildman–Crippen MR) is 144 cm³/mol. The highest BCUT2D eigenvalue weighted by Gasteiger charge is 2.32. The minimum absolute atomic E-state index is 0.00737. The van der Waals surface area contributed by atoms with E-state index < -0.39 is 6.04 Å². The molecule has 1 aliphatic heterocycles. The van der Waals surface area contributed by atoms with E-state index in [0.29, 0.717) is 49.7 Å². The zero-order valence-electron chi connectivity index (χ0n) is 21.1. The Morgan fingerprint density at radius 2 is 1.70 bits per heavy atom. The Kier molecular flexibility index (Phi) is 7.06. The van der Waals surface area contributed by atoms with Gasteiger partial charge in [-0.05, 0) is 49.2 Å². The number of anilines is 1. The third-order valence-electron chi connectivity index (χ3n) is 7.13. The third-order valence-corrected chi connectivity index (χ3v) is 7.13. The lowest BCUT2D eigenvalue weighted by molar-refractivity contribution is 0.207. The van der Waals surface area contributed by atoms with Gasteiger partial charge in [0.2, 0.25) is 0 Å². The van der Waals surface area contributed by atoms with E-state index in [1.807, 2.05) is 61.2 Å². The van der Waals surface area contributed by atoms with Crippen molar-refractivity contribution in [2.45, 2.75) is 26.4 Å². The van der Waals surface area contributed by atoms with E-state index >= 15 is 0 Å². The lowest BCUT2D eigenvalue weighted by Crippen LogP contribution is -2.49. The lowest BCUT2D eigenvalue weighted by Gasteiger charge is -2.40. The molecule has 0 radical (unpaired) electrons. The summed E-state index contributed by atoms with van der Waals surface area (Å²) in [7, 11) is 0. The molecule has 4 aromatic rings. The van der Waals surface area contributed by atoms with Crippen molar-refractivity contribution in [2.24, 2.45) is 0 Å². The van der Waals surface area contributed by atoms with Crippen LogP contribution >= 0.6 is 0 Å². The molecule has 190 valence electrons. The second-order valence-electron chi connectivity index (χ2n) is 9.62. The van der Waals surface area contributed by atoms with Crippen LogP contribution in [-0.2, 0) is 6.54 Å². The first-order chi connectivity index (χ1) is 17.9. The molecule has 0 amide bonds. The lowest BCUT2D eigenvalue weighted by atomic mass is 9.95. The van der Waals surface area contributed by atoms with Crippen molar-refractivity contribution in [1.82, 2.24) is 14.5 Å². The number of nitrogens with zero attached hydrogens (tertiary/aromatic N) is 4. The summed E-state index contributed by atoms with van der Waals surface area (Å²) in [4.78, 5) is 22.4. The number of piperazine rings is 1. The molecular formula is C30H31FN4O2. The largest absolute Gasteiger partial charge is 0.507 e. The fraction of sp³-hybridized carbons (Fsp3) is 0.267. The maximum Gasteiger partial charge on any atom is 0.259 e. The first kappa shape index (κ1) is 24.7. The smallest absolute Gasteiger partial charge is 0.259 e. The highest BCUT2D eigenvalue weighted by Crippen LogP contribution is 2.34. The zero-order valence-corrected chi connectivity index (χ0v) is 21.1. The van der Waals surface area contributed by atoms with Crippen molar-refractivity contribution in [3.63, 3.8) is 0 Å². The Morgan fingerprint density at radius 3 is 2.38 bits per heavy atom. The van der Waals surface area contributed by atoms with E-state index in [9.17, 15) is 14.3 Å². The van der Waals surface area contributed by atoms with Gasteiger partial charge < -0.3 is 14.6 Å². The molecule has 2 aromatic heterocycles. The summed E-state index contributed by atoms with van der Waals surface area (Å²) in [6.45, 7) is 6.67. The molecule has 0 aliphatic carbocycles. The van der Waals surface area contributed by atoms with Crippen molar-refractivity contribution < 1.29 is 9.50 Å². The molecule has 1 N–H and O–H groups in total. The highest BCUT2D eigenvalue weighted by atomic mass is 19.1. The van der Waals surface area contributed by atoms with E-state index in [1.165, 1.54) is 6.07 Å². The van der Waals surface area contributed by atoms with Gasteiger partial charge in [-0.3, -0.25) is 14.7 Å². The van der Waals surface area contributed by atoms with E-state index in [-0.39, 0.29) is 17.1 Å². The normalized spacial score (nSPS) is 15.1. The highest BCUT2D eigenvalue weighted by molar-refractivity contribution is 5.48. The molecule has 1 saturated heterocycles. The molecule has 7 heteroatoms. The molecule has 1 fully saturated rings. The van der Waals surface area contributed by atoms with Gasteiger partial charge in [-0.1, -0.05) is 48.0 Å². The van der Waals surface area contributed by atoms with Crippen LogP contribution in [0.5, 0.6) is 5.75 Å². The van der Waals surface area contributed by atoms with Gasteiger partial charge in [0, 0.05) is 44.3 Å².